The average Bonchev–Trinajstić information content (AvgIpc) is 3.22. The minimum atomic E-state index is -0.0159. The number of fused-ring (bicyclic) bond motifs is 1. The van der Waals surface area contributed by atoms with E-state index in [1.54, 1.807) is 11.3 Å². The number of hydrogen-bond donors (Lipinski definition) is 2. The van der Waals surface area contributed by atoms with Gasteiger partial charge < -0.3 is 15.5 Å². The van der Waals surface area contributed by atoms with Gasteiger partial charge in [-0.2, -0.15) is 11.3 Å². The lowest BCUT2D eigenvalue weighted by molar-refractivity contribution is -0.110. The summed E-state index contributed by atoms with van der Waals surface area (Å²) in [7, 11) is 2.16. The molecule has 1 aromatic heterocycles. The number of piperidine rings is 1. The van der Waals surface area contributed by atoms with Gasteiger partial charge in [0.1, 0.15) is 0 Å². The second kappa shape index (κ2) is 6.42. The molecule has 124 valence electrons. The lowest BCUT2D eigenvalue weighted by atomic mass is 9.99. The molecular weight excluding hydrogens is 318 g/mol. The topological polar surface area (TPSA) is 44.4 Å². The normalized spacial score (nSPS) is 20.6. The Hall–Kier alpha value is -2.11. The van der Waals surface area contributed by atoms with Crippen molar-refractivity contribution in [1.82, 2.24) is 10.2 Å². The van der Waals surface area contributed by atoms with E-state index in [1.165, 1.54) is 0 Å². The van der Waals surface area contributed by atoms with Gasteiger partial charge in [0.15, 0.2) is 0 Å². The summed E-state index contributed by atoms with van der Waals surface area (Å²) in [6.07, 6.45) is 2.20. The van der Waals surface area contributed by atoms with E-state index in [2.05, 4.69) is 39.4 Å². The quantitative estimate of drug-likeness (QED) is 0.844. The van der Waals surface area contributed by atoms with Crippen LogP contribution in [-0.2, 0) is 4.79 Å². The van der Waals surface area contributed by atoms with Crippen LogP contribution < -0.4 is 10.6 Å². The third kappa shape index (κ3) is 2.85. The SMILES string of the molecule is CN1CCC(N/C(=C2\C(=O)Nc3ccccc32)c2ccsc2)CC1. The van der Waals surface area contributed by atoms with Crippen molar-refractivity contribution >= 4 is 34.2 Å². The van der Waals surface area contributed by atoms with Gasteiger partial charge in [-0.3, -0.25) is 4.79 Å². The molecule has 1 aromatic carbocycles. The lowest BCUT2D eigenvalue weighted by Crippen LogP contribution is -2.40. The van der Waals surface area contributed by atoms with E-state index in [9.17, 15) is 4.79 Å². The number of carbonyl (C=O) groups excluding carboxylic acids is 1. The summed E-state index contributed by atoms with van der Waals surface area (Å²) in [5.41, 5.74) is 4.72. The first-order valence-electron chi connectivity index (χ1n) is 8.35. The van der Waals surface area contributed by atoms with Crippen molar-refractivity contribution in [2.75, 3.05) is 25.5 Å². The van der Waals surface area contributed by atoms with E-state index in [0.29, 0.717) is 6.04 Å². The molecule has 0 saturated carbocycles. The highest BCUT2D eigenvalue weighted by molar-refractivity contribution is 7.08. The zero-order valence-electron chi connectivity index (χ0n) is 13.7. The molecule has 3 heterocycles. The van der Waals surface area contributed by atoms with Crippen molar-refractivity contribution in [3.05, 3.63) is 52.2 Å². The van der Waals surface area contributed by atoms with Crippen LogP contribution in [0.15, 0.2) is 41.1 Å². The number of hydrogen-bond acceptors (Lipinski definition) is 4. The van der Waals surface area contributed by atoms with Crippen LogP contribution in [-0.4, -0.2) is 37.0 Å². The number of rotatable bonds is 3. The maximum Gasteiger partial charge on any atom is 0.258 e. The van der Waals surface area contributed by atoms with Crippen molar-refractivity contribution in [3.8, 4) is 0 Å². The fourth-order valence-corrected chi connectivity index (χ4v) is 4.08. The minimum Gasteiger partial charge on any atom is -0.381 e. The van der Waals surface area contributed by atoms with E-state index in [1.807, 2.05) is 24.3 Å². The first-order chi connectivity index (χ1) is 11.7. The fraction of sp³-hybridized carbons (Fsp3) is 0.316. The molecule has 0 aliphatic carbocycles. The first-order valence-corrected chi connectivity index (χ1v) is 9.29. The second-order valence-electron chi connectivity index (χ2n) is 6.48. The van der Waals surface area contributed by atoms with Crippen LogP contribution in [0, 0.1) is 0 Å². The number of carbonyl (C=O) groups is 1. The Kier molecular flexibility index (Phi) is 4.12. The van der Waals surface area contributed by atoms with Crippen LogP contribution in [0.5, 0.6) is 0 Å². The van der Waals surface area contributed by atoms with Gasteiger partial charge in [0.25, 0.3) is 5.91 Å². The molecule has 1 amide bonds. The highest BCUT2D eigenvalue weighted by Crippen LogP contribution is 2.36. The van der Waals surface area contributed by atoms with E-state index in [0.717, 1.165) is 54.0 Å². The Morgan fingerprint density at radius 2 is 2.04 bits per heavy atom. The Bertz CT molecular complexity index is 774. The number of nitrogens with one attached hydrogen (secondary N) is 2. The number of amides is 1. The monoisotopic (exact) mass is 339 g/mol. The molecule has 4 rings (SSSR count). The number of anilines is 1. The Morgan fingerprint density at radius 3 is 2.79 bits per heavy atom. The maximum atomic E-state index is 12.6. The zero-order chi connectivity index (χ0) is 16.5. The summed E-state index contributed by atoms with van der Waals surface area (Å²) < 4.78 is 0. The van der Waals surface area contributed by atoms with Crippen molar-refractivity contribution < 1.29 is 4.79 Å². The molecule has 5 heteroatoms. The molecule has 0 unspecified atom stereocenters. The Morgan fingerprint density at radius 1 is 1.25 bits per heavy atom. The first kappa shape index (κ1) is 15.4. The van der Waals surface area contributed by atoms with Crippen molar-refractivity contribution in [3.63, 3.8) is 0 Å². The molecule has 1 saturated heterocycles. The van der Waals surface area contributed by atoms with Gasteiger partial charge in [0.2, 0.25) is 0 Å². The lowest BCUT2D eigenvalue weighted by Gasteiger charge is -2.31. The molecule has 0 bridgehead atoms. The molecular formula is C19H21N3OS. The van der Waals surface area contributed by atoms with Gasteiger partial charge in [-0.05, 0) is 50.5 Å². The van der Waals surface area contributed by atoms with Crippen LogP contribution in [0.3, 0.4) is 0 Å². The van der Waals surface area contributed by atoms with Crippen molar-refractivity contribution in [2.45, 2.75) is 18.9 Å². The van der Waals surface area contributed by atoms with Gasteiger partial charge in [0.05, 0.1) is 11.3 Å². The van der Waals surface area contributed by atoms with E-state index in [-0.39, 0.29) is 5.91 Å². The van der Waals surface area contributed by atoms with E-state index < -0.39 is 0 Å². The van der Waals surface area contributed by atoms with Gasteiger partial charge in [-0.15, -0.1) is 0 Å². The van der Waals surface area contributed by atoms with E-state index >= 15 is 0 Å². The van der Waals surface area contributed by atoms with Gasteiger partial charge >= 0.3 is 0 Å². The minimum absolute atomic E-state index is 0.0159. The van der Waals surface area contributed by atoms with Crippen LogP contribution in [0.4, 0.5) is 5.69 Å². The van der Waals surface area contributed by atoms with Crippen LogP contribution in [0.25, 0.3) is 11.3 Å². The predicted octanol–water partition coefficient (Wildman–Crippen LogP) is 3.25. The smallest absolute Gasteiger partial charge is 0.258 e. The Balaban J connectivity index is 1.75. The predicted molar refractivity (Wildman–Crippen MR) is 99.9 cm³/mol. The van der Waals surface area contributed by atoms with Crippen LogP contribution in [0.2, 0.25) is 0 Å². The third-order valence-corrected chi connectivity index (χ3v) is 5.48. The summed E-state index contributed by atoms with van der Waals surface area (Å²) >= 11 is 1.66. The van der Waals surface area contributed by atoms with Crippen molar-refractivity contribution in [2.24, 2.45) is 0 Å². The molecule has 4 nitrogen and oxygen atoms in total. The highest BCUT2D eigenvalue weighted by Gasteiger charge is 2.29. The van der Waals surface area contributed by atoms with E-state index in [4.69, 9.17) is 0 Å². The standard InChI is InChI=1S/C19H21N3OS/c1-22-9-6-14(7-10-22)20-18(13-8-11-24-12-13)17-15-4-2-3-5-16(15)21-19(17)23/h2-5,8,11-12,14,20H,6-7,9-10H2,1H3,(H,21,23)/b18-17-. The number of nitrogens with zero attached hydrogens (tertiary/aromatic N) is 1. The molecule has 2 aliphatic rings. The average molecular weight is 339 g/mol. The zero-order valence-corrected chi connectivity index (χ0v) is 14.5. The largest absolute Gasteiger partial charge is 0.381 e. The number of thiophene rings is 1. The summed E-state index contributed by atoms with van der Waals surface area (Å²) in [6, 6.07) is 10.4. The number of benzene rings is 1. The number of likely N-dealkylation sites (tertiary alicyclic amines) is 1. The molecule has 24 heavy (non-hydrogen) atoms. The van der Waals surface area contributed by atoms with Gasteiger partial charge in [-0.25, -0.2) is 0 Å². The van der Waals surface area contributed by atoms with Gasteiger partial charge in [-0.1, -0.05) is 18.2 Å². The highest BCUT2D eigenvalue weighted by atomic mass is 32.1. The van der Waals surface area contributed by atoms with Crippen molar-refractivity contribution in [1.29, 1.82) is 0 Å². The van der Waals surface area contributed by atoms with Gasteiger partial charge in [0, 0.05) is 28.2 Å². The van der Waals surface area contributed by atoms with Crippen LogP contribution >= 0.6 is 11.3 Å². The molecule has 0 spiro atoms. The molecule has 0 atom stereocenters. The number of para-hydroxylation sites is 1. The molecule has 2 aromatic rings. The second-order valence-corrected chi connectivity index (χ2v) is 7.26. The summed E-state index contributed by atoms with van der Waals surface area (Å²) in [5, 5.41) is 10.9. The summed E-state index contributed by atoms with van der Waals surface area (Å²) in [6.45, 7) is 2.18. The Labute approximate surface area is 146 Å². The fourth-order valence-electron chi connectivity index (χ4n) is 3.43. The summed E-state index contributed by atoms with van der Waals surface area (Å²) in [4.78, 5) is 15.0. The third-order valence-electron chi connectivity index (χ3n) is 4.80. The summed E-state index contributed by atoms with van der Waals surface area (Å²) in [5.74, 6) is -0.0159. The molecule has 0 radical (unpaired) electrons. The molecule has 2 N–H and O–H groups in total. The molecule has 2 aliphatic heterocycles. The maximum absolute atomic E-state index is 12.6. The molecule has 1 fully saturated rings. The van der Waals surface area contributed by atoms with Crippen LogP contribution in [0.1, 0.15) is 24.0 Å².